The fraction of sp³-hybridized carbons (Fsp3) is 0.333. The molecule has 0 amide bonds. The molecule has 0 fully saturated rings. The lowest BCUT2D eigenvalue weighted by atomic mass is 10.3. The van der Waals surface area contributed by atoms with Gasteiger partial charge in [-0.05, 0) is 26.0 Å². The highest BCUT2D eigenvalue weighted by molar-refractivity contribution is 7.89. The minimum Gasteiger partial charge on any atom is -0.375 e. The van der Waals surface area contributed by atoms with E-state index < -0.39 is 26.5 Å². The van der Waals surface area contributed by atoms with E-state index in [1.54, 1.807) is 0 Å². The predicted molar refractivity (Wildman–Crippen MR) is 53.0 cm³/mol. The summed E-state index contributed by atoms with van der Waals surface area (Å²) >= 11 is 0. The summed E-state index contributed by atoms with van der Waals surface area (Å²) < 4.78 is 38.2. The van der Waals surface area contributed by atoms with Crippen LogP contribution in [0.2, 0.25) is 0 Å². The zero-order valence-electron chi connectivity index (χ0n) is 8.36. The number of benzene rings is 1. The van der Waals surface area contributed by atoms with Crippen LogP contribution >= 0.6 is 0 Å². The van der Waals surface area contributed by atoms with Crippen molar-refractivity contribution >= 4 is 10.0 Å². The van der Waals surface area contributed by atoms with Gasteiger partial charge in [0.2, 0.25) is 10.0 Å². The Morgan fingerprint density at radius 3 is 2.33 bits per heavy atom. The lowest BCUT2D eigenvalue weighted by molar-refractivity contribution is 0.0689. The number of halogens is 1. The van der Waals surface area contributed by atoms with Gasteiger partial charge in [-0.2, -0.15) is 4.72 Å². The maximum absolute atomic E-state index is 13.2. The molecule has 0 atom stereocenters. The number of hydrogen-bond acceptors (Lipinski definition) is 3. The monoisotopic (exact) mass is 233 g/mol. The summed E-state index contributed by atoms with van der Waals surface area (Å²) in [7, 11) is -4.02. The van der Waals surface area contributed by atoms with Gasteiger partial charge in [-0.3, -0.25) is 0 Å². The third-order valence-electron chi connectivity index (χ3n) is 1.51. The highest BCUT2D eigenvalue weighted by Gasteiger charge is 2.25. The Hall–Kier alpha value is -0.980. The zero-order valence-corrected chi connectivity index (χ0v) is 9.18. The van der Waals surface area contributed by atoms with Crippen molar-refractivity contribution in [2.75, 3.05) is 0 Å². The molecule has 0 saturated heterocycles. The van der Waals surface area contributed by atoms with Crippen LogP contribution in [0.3, 0.4) is 0 Å². The van der Waals surface area contributed by atoms with Crippen LogP contribution in [0, 0.1) is 5.82 Å². The van der Waals surface area contributed by atoms with Crippen molar-refractivity contribution in [2.45, 2.75) is 24.5 Å². The molecule has 0 aliphatic heterocycles. The Morgan fingerprint density at radius 2 is 1.87 bits per heavy atom. The summed E-state index contributed by atoms with van der Waals surface area (Å²) in [5.74, 6) is -0.853. The molecule has 0 aliphatic rings. The van der Waals surface area contributed by atoms with Gasteiger partial charge >= 0.3 is 0 Å². The van der Waals surface area contributed by atoms with Gasteiger partial charge in [0, 0.05) is 0 Å². The van der Waals surface area contributed by atoms with Crippen molar-refractivity contribution in [3.05, 3.63) is 30.1 Å². The van der Waals surface area contributed by atoms with Crippen LogP contribution in [0.1, 0.15) is 13.8 Å². The summed E-state index contributed by atoms with van der Waals surface area (Å²) in [6.45, 7) is 2.51. The molecule has 15 heavy (non-hydrogen) atoms. The van der Waals surface area contributed by atoms with Gasteiger partial charge in [0.25, 0.3) is 0 Å². The molecule has 0 radical (unpaired) electrons. The second kappa shape index (κ2) is 3.88. The first-order valence-corrected chi connectivity index (χ1v) is 5.71. The van der Waals surface area contributed by atoms with Gasteiger partial charge in [-0.15, -0.1) is 0 Å². The van der Waals surface area contributed by atoms with Crippen LogP contribution in [-0.4, -0.2) is 19.2 Å². The van der Waals surface area contributed by atoms with E-state index in [4.69, 9.17) is 0 Å². The molecule has 2 N–H and O–H groups in total. The Labute approximate surface area is 87.8 Å². The van der Waals surface area contributed by atoms with E-state index in [1.807, 2.05) is 4.72 Å². The molecule has 0 spiro atoms. The maximum atomic E-state index is 13.2. The fourth-order valence-electron chi connectivity index (χ4n) is 1.05. The molecule has 1 aromatic rings. The molecule has 6 heteroatoms. The first-order valence-electron chi connectivity index (χ1n) is 4.23. The normalized spacial score (nSPS) is 12.8. The van der Waals surface area contributed by atoms with Crippen LogP contribution in [0.25, 0.3) is 0 Å². The molecule has 84 valence electrons. The second-order valence-electron chi connectivity index (χ2n) is 3.59. The standard InChI is InChI=1S/C9H12FNO3S/c1-9(2,12)11-15(13,14)8-6-4-3-5-7(8)10/h3-6,11-12H,1-2H3. The van der Waals surface area contributed by atoms with Gasteiger partial charge in [0.1, 0.15) is 16.4 Å². The molecular weight excluding hydrogens is 221 g/mol. The van der Waals surface area contributed by atoms with E-state index in [0.29, 0.717) is 0 Å². The lowest BCUT2D eigenvalue weighted by Gasteiger charge is -2.19. The molecule has 0 bridgehead atoms. The minimum absolute atomic E-state index is 0.480. The predicted octanol–water partition coefficient (Wildman–Crippen LogP) is 0.832. The van der Waals surface area contributed by atoms with E-state index in [0.717, 1.165) is 12.1 Å². The number of hydrogen-bond donors (Lipinski definition) is 2. The Balaban J connectivity index is 3.13. The van der Waals surface area contributed by atoms with E-state index in [9.17, 15) is 17.9 Å². The number of aliphatic hydroxyl groups is 1. The average Bonchev–Trinajstić information content (AvgIpc) is 1.99. The van der Waals surface area contributed by atoms with Gasteiger partial charge in [0.05, 0.1) is 0 Å². The Bertz CT molecular complexity index is 451. The fourth-order valence-corrected chi connectivity index (χ4v) is 2.40. The molecule has 0 heterocycles. The third-order valence-corrected chi connectivity index (χ3v) is 3.19. The smallest absolute Gasteiger partial charge is 0.245 e. The van der Waals surface area contributed by atoms with Crippen molar-refractivity contribution in [2.24, 2.45) is 0 Å². The molecule has 4 nitrogen and oxygen atoms in total. The number of rotatable bonds is 3. The van der Waals surface area contributed by atoms with Gasteiger partial charge in [0.15, 0.2) is 0 Å². The minimum atomic E-state index is -4.02. The second-order valence-corrected chi connectivity index (χ2v) is 5.25. The molecule has 1 rings (SSSR count). The Kier molecular flexibility index (Phi) is 3.13. The number of nitrogens with one attached hydrogen (secondary N) is 1. The van der Waals surface area contributed by atoms with Crippen LogP contribution in [-0.2, 0) is 10.0 Å². The first kappa shape index (κ1) is 12.1. The molecule has 0 saturated carbocycles. The van der Waals surface area contributed by atoms with Crippen LogP contribution in [0.15, 0.2) is 29.2 Å². The third kappa shape index (κ3) is 3.26. The van der Waals surface area contributed by atoms with Crippen molar-refractivity contribution in [3.63, 3.8) is 0 Å². The molecule has 0 aliphatic carbocycles. The first-order chi connectivity index (χ1) is 6.72. The lowest BCUT2D eigenvalue weighted by Crippen LogP contribution is -2.43. The van der Waals surface area contributed by atoms with Crippen LogP contribution in [0.5, 0.6) is 0 Å². The SMILES string of the molecule is CC(C)(O)NS(=O)(=O)c1ccccc1F. The highest BCUT2D eigenvalue weighted by Crippen LogP contribution is 2.14. The van der Waals surface area contributed by atoms with E-state index in [-0.39, 0.29) is 0 Å². The van der Waals surface area contributed by atoms with E-state index in [2.05, 4.69) is 0 Å². The summed E-state index contributed by atoms with van der Waals surface area (Å²) in [4.78, 5) is -0.480. The summed E-state index contributed by atoms with van der Waals surface area (Å²) in [6, 6.07) is 4.96. The van der Waals surface area contributed by atoms with Crippen molar-refractivity contribution in [1.29, 1.82) is 0 Å². The summed E-state index contributed by atoms with van der Waals surface area (Å²) in [5.41, 5.74) is -1.62. The summed E-state index contributed by atoms with van der Waals surface area (Å²) in [6.07, 6.45) is 0. The van der Waals surface area contributed by atoms with Crippen molar-refractivity contribution in [1.82, 2.24) is 4.72 Å². The van der Waals surface area contributed by atoms with E-state index >= 15 is 0 Å². The Morgan fingerprint density at radius 1 is 1.33 bits per heavy atom. The molecule has 0 aromatic heterocycles. The van der Waals surface area contributed by atoms with Crippen LogP contribution in [0.4, 0.5) is 4.39 Å². The average molecular weight is 233 g/mol. The topological polar surface area (TPSA) is 66.4 Å². The van der Waals surface area contributed by atoms with E-state index in [1.165, 1.54) is 26.0 Å². The van der Waals surface area contributed by atoms with Gasteiger partial charge in [-0.25, -0.2) is 12.8 Å². The van der Waals surface area contributed by atoms with Gasteiger partial charge in [-0.1, -0.05) is 12.1 Å². The van der Waals surface area contributed by atoms with Crippen molar-refractivity contribution < 1.29 is 17.9 Å². The summed E-state index contributed by atoms with van der Waals surface area (Å²) in [5, 5.41) is 9.29. The highest BCUT2D eigenvalue weighted by atomic mass is 32.2. The van der Waals surface area contributed by atoms with Gasteiger partial charge < -0.3 is 5.11 Å². The van der Waals surface area contributed by atoms with Crippen LogP contribution < -0.4 is 4.72 Å². The molecule has 0 unspecified atom stereocenters. The van der Waals surface area contributed by atoms with Crippen molar-refractivity contribution in [3.8, 4) is 0 Å². The zero-order chi connectivity index (χ0) is 11.7. The number of sulfonamides is 1. The maximum Gasteiger partial charge on any atom is 0.245 e. The largest absolute Gasteiger partial charge is 0.375 e. The quantitative estimate of drug-likeness (QED) is 0.760. The molecule has 1 aromatic carbocycles. The molecular formula is C9H12FNO3S.